The van der Waals surface area contributed by atoms with Crippen LogP contribution in [0.5, 0.6) is 0 Å². The summed E-state index contributed by atoms with van der Waals surface area (Å²) < 4.78 is 10.5. The number of hydrogen-bond donors (Lipinski definition) is 1. The van der Waals surface area contributed by atoms with Gasteiger partial charge in [-0.15, -0.1) is 0 Å². The highest BCUT2D eigenvalue weighted by atomic mass is 16.5. The highest BCUT2D eigenvalue weighted by Crippen LogP contribution is 2.22. The second-order valence-electron chi connectivity index (χ2n) is 5.41. The van der Waals surface area contributed by atoms with E-state index >= 15 is 0 Å². The van der Waals surface area contributed by atoms with Crippen molar-refractivity contribution in [1.82, 2.24) is 9.97 Å². The molecular formula is C15H28N4O2. The van der Waals surface area contributed by atoms with Crippen molar-refractivity contribution in [3.8, 4) is 0 Å². The third kappa shape index (κ3) is 4.91. The molecule has 6 nitrogen and oxygen atoms in total. The topological polar surface area (TPSA) is 73.5 Å². The van der Waals surface area contributed by atoms with E-state index in [1.807, 2.05) is 6.20 Å². The molecule has 1 heterocycles. The fourth-order valence-corrected chi connectivity index (χ4v) is 2.19. The molecule has 1 aromatic heterocycles. The Labute approximate surface area is 127 Å². The number of nitrogens with zero attached hydrogens (tertiary/aromatic N) is 3. The molecule has 2 N–H and O–H groups in total. The molecule has 0 bridgehead atoms. The SMILES string of the molecule is COCCN(c1cnc(C(C)C)nc1CN)C(C)COC. The van der Waals surface area contributed by atoms with Crippen LogP contribution in [0.3, 0.4) is 0 Å². The molecule has 1 aromatic rings. The van der Waals surface area contributed by atoms with Crippen molar-refractivity contribution in [2.24, 2.45) is 5.73 Å². The number of hydrogen-bond acceptors (Lipinski definition) is 6. The lowest BCUT2D eigenvalue weighted by atomic mass is 10.2. The van der Waals surface area contributed by atoms with Crippen molar-refractivity contribution >= 4 is 5.69 Å². The van der Waals surface area contributed by atoms with E-state index in [4.69, 9.17) is 15.2 Å². The Kier molecular flexibility index (Phi) is 7.56. The van der Waals surface area contributed by atoms with Crippen LogP contribution in [-0.4, -0.2) is 50.0 Å². The summed E-state index contributed by atoms with van der Waals surface area (Å²) in [6, 6.07) is 0.198. The minimum absolute atomic E-state index is 0.198. The quantitative estimate of drug-likeness (QED) is 0.745. The van der Waals surface area contributed by atoms with Crippen molar-refractivity contribution in [3.63, 3.8) is 0 Å². The maximum Gasteiger partial charge on any atom is 0.131 e. The second-order valence-corrected chi connectivity index (χ2v) is 5.41. The normalized spacial score (nSPS) is 12.7. The van der Waals surface area contributed by atoms with Crippen LogP contribution in [0.25, 0.3) is 0 Å². The van der Waals surface area contributed by atoms with E-state index in [0.717, 1.165) is 23.8 Å². The molecule has 120 valence electrons. The Bertz CT molecular complexity index is 426. The van der Waals surface area contributed by atoms with Gasteiger partial charge in [-0.25, -0.2) is 9.97 Å². The van der Waals surface area contributed by atoms with Gasteiger partial charge >= 0.3 is 0 Å². The van der Waals surface area contributed by atoms with E-state index in [0.29, 0.717) is 19.8 Å². The lowest BCUT2D eigenvalue weighted by Crippen LogP contribution is -2.39. The van der Waals surface area contributed by atoms with Crippen LogP contribution in [-0.2, 0) is 16.0 Å². The highest BCUT2D eigenvalue weighted by molar-refractivity contribution is 5.50. The average molecular weight is 296 g/mol. The van der Waals surface area contributed by atoms with Crippen LogP contribution in [0.1, 0.15) is 38.2 Å². The van der Waals surface area contributed by atoms with E-state index in [2.05, 4.69) is 35.6 Å². The van der Waals surface area contributed by atoms with Crippen LogP contribution in [0, 0.1) is 0 Å². The van der Waals surface area contributed by atoms with Crippen molar-refractivity contribution < 1.29 is 9.47 Å². The smallest absolute Gasteiger partial charge is 0.131 e. The Morgan fingerprint density at radius 1 is 1.24 bits per heavy atom. The number of anilines is 1. The minimum atomic E-state index is 0.198. The van der Waals surface area contributed by atoms with E-state index in [1.54, 1.807) is 14.2 Å². The summed E-state index contributed by atoms with van der Waals surface area (Å²) in [5.41, 5.74) is 7.71. The lowest BCUT2D eigenvalue weighted by molar-refractivity contribution is 0.171. The fourth-order valence-electron chi connectivity index (χ4n) is 2.19. The van der Waals surface area contributed by atoms with Gasteiger partial charge in [0.2, 0.25) is 0 Å². The van der Waals surface area contributed by atoms with E-state index in [1.165, 1.54) is 0 Å². The maximum absolute atomic E-state index is 5.88. The molecule has 0 radical (unpaired) electrons. The van der Waals surface area contributed by atoms with Crippen molar-refractivity contribution in [1.29, 1.82) is 0 Å². The molecule has 21 heavy (non-hydrogen) atoms. The summed E-state index contributed by atoms with van der Waals surface area (Å²) in [5.74, 6) is 1.11. The summed E-state index contributed by atoms with van der Waals surface area (Å²) in [6.45, 7) is 8.65. The Hall–Kier alpha value is -1.24. The predicted molar refractivity (Wildman–Crippen MR) is 84.6 cm³/mol. The van der Waals surface area contributed by atoms with Gasteiger partial charge in [0.1, 0.15) is 5.82 Å². The standard InChI is InChI=1S/C15H28N4O2/c1-11(2)15-17-9-14(13(8-16)18-15)19(6-7-20-4)12(3)10-21-5/h9,11-12H,6-8,10,16H2,1-5H3. The molecule has 0 aromatic carbocycles. The summed E-state index contributed by atoms with van der Waals surface area (Å²) in [7, 11) is 3.40. The van der Waals surface area contributed by atoms with E-state index < -0.39 is 0 Å². The first-order chi connectivity index (χ1) is 10.0. The maximum atomic E-state index is 5.88. The zero-order chi connectivity index (χ0) is 15.8. The van der Waals surface area contributed by atoms with Gasteiger partial charge in [-0.3, -0.25) is 0 Å². The van der Waals surface area contributed by atoms with Gasteiger partial charge in [0.25, 0.3) is 0 Å². The van der Waals surface area contributed by atoms with Gasteiger partial charge in [0.15, 0.2) is 0 Å². The third-order valence-electron chi connectivity index (χ3n) is 3.36. The molecule has 0 aliphatic carbocycles. The van der Waals surface area contributed by atoms with Crippen LogP contribution >= 0.6 is 0 Å². The molecule has 0 spiro atoms. The largest absolute Gasteiger partial charge is 0.383 e. The number of aromatic nitrogens is 2. The average Bonchev–Trinajstić information content (AvgIpc) is 2.47. The molecule has 0 aliphatic heterocycles. The van der Waals surface area contributed by atoms with Gasteiger partial charge < -0.3 is 20.1 Å². The third-order valence-corrected chi connectivity index (χ3v) is 3.36. The number of nitrogens with two attached hydrogens (primary N) is 1. The van der Waals surface area contributed by atoms with Crippen molar-refractivity contribution in [2.75, 3.05) is 38.9 Å². The van der Waals surface area contributed by atoms with Crippen LogP contribution in [0.4, 0.5) is 5.69 Å². The fraction of sp³-hybridized carbons (Fsp3) is 0.733. The number of rotatable bonds is 9. The monoisotopic (exact) mass is 296 g/mol. The molecule has 1 unspecified atom stereocenters. The summed E-state index contributed by atoms with van der Waals surface area (Å²) in [4.78, 5) is 11.3. The zero-order valence-corrected chi connectivity index (χ0v) is 13.8. The summed E-state index contributed by atoms with van der Waals surface area (Å²) in [5, 5.41) is 0. The molecule has 0 aliphatic rings. The first-order valence-electron chi connectivity index (χ1n) is 7.35. The minimum Gasteiger partial charge on any atom is -0.383 e. The van der Waals surface area contributed by atoms with Crippen molar-refractivity contribution in [2.45, 2.75) is 39.3 Å². The first-order valence-corrected chi connectivity index (χ1v) is 7.35. The molecular weight excluding hydrogens is 268 g/mol. The summed E-state index contributed by atoms with van der Waals surface area (Å²) in [6.07, 6.45) is 1.87. The molecule has 0 saturated heterocycles. The Morgan fingerprint density at radius 2 is 1.95 bits per heavy atom. The molecule has 6 heteroatoms. The van der Waals surface area contributed by atoms with Gasteiger partial charge in [-0.05, 0) is 6.92 Å². The van der Waals surface area contributed by atoms with E-state index in [9.17, 15) is 0 Å². The van der Waals surface area contributed by atoms with Crippen LogP contribution < -0.4 is 10.6 Å². The van der Waals surface area contributed by atoms with Crippen LogP contribution in [0.2, 0.25) is 0 Å². The van der Waals surface area contributed by atoms with Gasteiger partial charge in [0.05, 0.1) is 30.8 Å². The zero-order valence-electron chi connectivity index (χ0n) is 13.8. The van der Waals surface area contributed by atoms with Gasteiger partial charge in [0, 0.05) is 39.3 Å². The molecule has 1 rings (SSSR count). The lowest BCUT2D eigenvalue weighted by Gasteiger charge is -2.31. The number of methoxy groups -OCH3 is 2. The Morgan fingerprint density at radius 3 is 2.48 bits per heavy atom. The summed E-state index contributed by atoms with van der Waals surface area (Å²) >= 11 is 0. The Balaban J connectivity index is 3.10. The molecule has 1 atom stereocenters. The number of ether oxygens (including phenoxy) is 2. The molecule has 0 saturated carbocycles. The molecule has 0 amide bonds. The second kappa shape index (κ2) is 8.92. The first kappa shape index (κ1) is 17.8. The predicted octanol–water partition coefficient (Wildman–Crippen LogP) is 1.55. The highest BCUT2D eigenvalue weighted by Gasteiger charge is 2.19. The van der Waals surface area contributed by atoms with Gasteiger partial charge in [-0.2, -0.15) is 0 Å². The van der Waals surface area contributed by atoms with Crippen LogP contribution in [0.15, 0.2) is 6.20 Å². The van der Waals surface area contributed by atoms with Gasteiger partial charge in [-0.1, -0.05) is 13.8 Å². The molecule has 0 fully saturated rings. The van der Waals surface area contributed by atoms with Crippen molar-refractivity contribution in [3.05, 3.63) is 17.7 Å². The van der Waals surface area contributed by atoms with E-state index in [-0.39, 0.29) is 12.0 Å².